The van der Waals surface area contributed by atoms with E-state index in [0.29, 0.717) is 39.6 Å². The van der Waals surface area contributed by atoms with Crippen molar-refractivity contribution in [1.29, 1.82) is 0 Å². The van der Waals surface area contributed by atoms with Crippen molar-refractivity contribution in [2.24, 2.45) is 0 Å². The molecule has 10 heteroatoms. The predicted octanol–water partition coefficient (Wildman–Crippen LogP) is 5.41. The summed E-state index contributed by atoms with van der Waals surface area (Å²) in [6.45, 7) is 14.9. The molecule has 0 bridgehead atoms. The molecule has 0 fully saturated rings. The van der Waals surface area contributed by atoms with Gasteiger partial charge in [0, 0.05) is 59.0 Å². The summed E-state index contributed by atoms with van der Waals surface area (Å²) >= 11 is 6.65. The minimum absolute atomic E-state index is 0.531. The zero-order valence-corrected chi connectivity index (χ0v) is 26.2. The standard InChI is InChI=1S/C18H34O6Si2.C6H4Br2/c1-7-19-25(20-8-2,21-9-3)17-13-15-18(16-14-17)26(22-10-4,23-11-5)24-12-6;7-5-1-2-6(8)4-3-5/h13-16H,7-12H2,1-6H3;1-4H. The Hall–Kier alpha value is -0.406. The SMILES string of the molecule is Brc1ccc(Br)cc1.CCO[Si](OCC)(OCC)c1ccc([Si](OCC)(OCC)OCC)cc1. The molecule has 0 unspecified atom stereocenters. The summed E-state index contributed by atoms with van der Waals surface area (Å²) in [5.74, 6) is 0. The fourth-order valence-corrected chi connectivity index (χ4v) is 8.66. The van der Waals surface area contributed by atoms with Crippen LogP contribution in [-0.4, -0.2) is 57.3 Å². The van der Waals surface area contributed by atoms with Crippen molar-refractivity contribution in [2.75, 3.05) is 39.6 Å². The van der Waals surface area contributed by atoms with Gasteiger partial charge in [-0.2, -0.15) is 0 Å². The Morgan fingerprint density at radius 3 is 0.824 bits per heavy atom. The summed E-state index contributed by atoms with van der Waals surface area (Å²) in [7, 11) is -5.83. The first-order valence-corrected chi connectivity index (χ1v) is 16.8. The largest absolute Gasteiger partial charge is 0.537 e. The normalized spacial score (nSPS) is 11.8. The summed E-state index contributed by atoms with van der Waals surface area (Å²) < 4.78 is 38.1. The Kier molecular flexibility index (Phi) is 15.9. The summed E-state index contributed by atoms with van der Waals surface area (Å²) in [6, 6.07) is 15.9. The molecule has 192 valence electrons. The maximum absolute atomic E-state index is 5.98. The molecule has 0 amide bonds. The van der Waals surface area contributed by atoms with Crippen LogP contribution in [0.15, 0.2) is 57.5 Å². The van der Waals surface area contributed by atoms with Gasteiger partial charge in [0.25, 0.3) is 0 Å². The van der Waals surface area contributed by atoms with Crippen molar-refractivity contribution in [1.82, 2.24) is 0 Å². The maximum atomic E-state index is 5.98. The Bertz CT molecular complexity index is 693. The first-order chi connectivity index (χ1) is 16.4. The fourth-order valence-electron chi connectivity index (χ4n) is 3.20. The number of benzene rings is 2. The summed E-state index contributed by atoms with van der Waals surface area (Å²) in [5.41, 5.74) is 0. The van der Waals surface area contributed by atoms with E-state index in [2.05, 4.69) is 31.9 Å². The molecule has 0 saturated carbocycles. The van der Waals surface area contributed by atoms with Gasteiger partial charge in [-0.15, -0.1) is 0 Å². The number of rotatable bonds is 14. The van der Waals surface area contributed by atoms with Gasteiger partial charge in [0.15, 0.2) is 0 Å². The highest BCUT2D eigenvalue weighted by Crippen LogP contribution is 2.15. The molecule has 0 N–H and O–H groups in total. The van der Waals surface area contributed by atoms with E-state index in [0.717, 1.165) is 19.3 Å². The molecule has 0 aliphatic heterocycles. The highest BCUT2D eigenvalue weighted by atomic mass is 79.9. The third-order valence-electron chi connectivity index (χ3n) is 4.40. The average Bonchev–Trinajstić information content (AvgIpc) is 2.82. The molecule has 6 nitrogen and oxygen atoms in total. The number of hydrogen-bond acceptors (Lipinski definition) is 6. The van der Waals surface area contributed by atoms with Crippen LogP contribution in [0.25, 0.3) is 0 Å². The number of hydrogen-bond donors (Lipinski definition) is 0. The van der Waals surface area contributed by atoms with Gasteiger partial charge in [0.2, 0.25) is 0 Å². The van der Waals surface area contributed by atoms with Crippen LogP contribution in [0.2, 0.25) is 0 Å². The van der Waals surface area contributed by atoms with E-state index < -0.39 is 17.6 Å². The lowest BCUT2D eigenvalue weighted by Crippen LogP contribution is -2.59. The van der Waals surface area contributed by atoms with Gasteiger partial charge >= 0.3 is 17.6 Å². The molecule has 0 aliphatic carbocycles. The summed E-state index contributed by atoms with van der Waals surface area (Å²) in [4.78, 5) is 0. The van der Waals surface area contributed by atoms with Gasteiger partial charge in [-0.25, -0.2) is 0 Å². The van der Waals surface area contributed by atoms with Crippen LogP contribution in [0.5, 0.6) is 0 Å². The predicted molar refractivity (Wildman–Crippen MR) is 149 cm³/mol. The van der Waals surface area contributed by atoms with E-state index in [1.54, 1.807) is 0 Å². The topological polar surface area (TPSA) is 55.4 Å². The molecule has 0 aromatic heterocycles. The van der Waals surface area contributed by atoms with Crippen molar-refractivity contribution in [3.8, 4) is 0 Å². The van der Waals surface area contributed by atoms with Crippen LogP contribution >= 0.6 is 31.9 Å². The van der Waals surface area contributed by atoms with E-state index in [4.69, 9.17) is 26.6 Å². The molecule has 2 aromatic rings. The van der Waals surface area contributed by atoms with Gasteiger partial charge in [0.1, 0.15) is 0 Å². The maximum Gasteiger partial charge on any atom is 0.537 e. The van der Waals surface area contributed by atoms with Crippen LogP contribution in [-0.2, 0) is 26.6 Å². The van der Waals surface area contributed by atoms with Crippen LogP contribution < -0.4 is 10.4 Å². The molecule has 0 spiro atoms. The molecular formula is C24H38Br2O6Si2. The fraction of sp³-hybridized carbons (Fsp3) is 0.500. The van der Waals surface area contributed by atoms with Crippen LogP contribution in [0, 0.1) is 0 Å². The molecule has 34 heavy (non-hydrogen) atoms. The van der Waals surface area contributed by atoms with Gasteiger partial charge in [0.05, 0.1) is 0 Å². The Morgan fingerprint density at radius 1 is 0.441 bits per heavy atom. The van der Waals surface area contributed by atoms with E-state index in [-0.39, 0.29) is 0 Å². The van der Waals surface area contributed by atoms with Crippen molar-refractivity contribution < 1.29 is 26.6 Å². The first kappa shape index (κ1) is 31.6. The highest BCUT2D eigenvalue weighted by molar-refractivity contribution is 9.11. The summed E-state index contributed by atoms with van der Waals surface area (Å²) in [6.07, 6.45) is 0. The van der Waals surface area contributed by atoms with E-state index in [1.165, 1.54) is 0 Å². The Morgan fingerprint density at radius 2 is 0.647 bits per heavy atom. The quantitative estimate of drug-likeness (QED) is 0.258. The van der Waals surface area contributed by atoms with Gasteiger partial charge < -0.3 is 26.6 Å². The second-order valence-electron chi connectivity index (χ2n) is 6.72. The first-order valence-electron chi connectivity index (χ1n) is 11.7. The highest BCUT2D eigenvalue weighted by Gasteiger charge is 2.46. The smallest absolute Gasteiger partial charge is 0.370 e. The van der Waals surface area contributed by atoms with Crippen molar-refractivity contribution in [3.63, 3.8) is 0 Å². The summed E-state index contributed by atoms with van der Waals surface area (Å²) in [5, 5.41) is 1.86. The molecule has 0 radical (unpaired) electrons. The lowest BCUT2D eigenvalue weighted by atomic mass is 10.4. The van der Waals surface area contributed by atoms with Crippen LogP contribution in [0.4, 0.5) is 0 Å². The minimum Gasteiger partial charge on any atom is -0.370 e. The molecule has 0 aliphatic rings. The van der Waals surface area contributed by atoms with Crippen LogP contribution in [0.1, 0.15) is 41.5 Å². The third kappa shape index (κ3) is 9.57. The van der Waals surface area contributed by atoms with Crippen molar-refractivity contribution in [3.05, 3.63) is 57.5 Å². The van der Waals surface area contributed by atoms with E-state index >= 15 is 0 Å². The van der Waals surface area contributed by atoms with Gasteiger partial charge in [-0.1, -0.05) is 56.1 Å². The van der Waals surface area contributed by atoms with Crippen LogP contribution in [0.3, 0.4) is 0 Å². The molecule has 0 saturated heterocycles. The second kappa shape index (κ2) is 17.1. The molecule has 0 atom stereocenters. The Labute approximate surface area is 224 Å². The van der Waals surface area contributed by atoms with E-state index in [1.807, 2.05) is 90.1 Å². The van der Waals surface area contributed by atoms with E-state index in [9.17, 15) is 0 Å². The van der Waals surface area contributed by atoms with Gasteiger partial charge in [-0.3, -0.25) is 0 Å². The third-order valence-corrected chi connectivity index (χ3v) is 11.6. The average molecular weight is 639 g/mol. The molecular weight excluding hydrogens is 600 g/mol. The minimum atomic E-state index is -2.92. The lowest BCUT2D eigenvalue weighted by Gasteiger charge is -2.30. The Balaban J connectivity index is 0.000000605. The molecule has 2 rings (SSSR count). The van der Waals surface area contributed by atoms with Crippen molar-refractivity contribution in [2.45, 2.75) is 41.5 Å². The second-order valence-corrected chi connectivity index (χ2v) is 13.7. The van der Waals surface area contributed by atoms with Gasteiger partial charge in [-0.05, 0) is 65.8 Å². The van der Waals surface area contributed by atoms with Crippen molar-refractivity contribution >= 4 is 59.8 Å². The lowest BCUT2D eigenvalue weighted by molar-refractivity contribution is 0.0845. The zero-order valence-electron chi connectivity index (χ0n) is 21.1. The number of halogens is 2. The monoisotopic (exact) mass is 636 g/mol. The molecule has 0 heterocycles. The molecule has 2 aromatic carbocycles. The zero-order chi connectivity index (χ0) is 25.5.